The Morgan fingerprint density at radius 3 is 2.45 bits per heavy atom. The van der Waals surface area contributed by atoms with Crippen molar-refractivity contribution in [3.8, 4) is 5.69 Å². The number of para-hydroxylation sites is 1. The number of anilines is 2. The van der Waals surface area contributed by atoms with Crippen molar-refractivity contribution < 1.29 is 4.79 Å². The van der Waals surface area contributed by atoms with E-state index < -0.39 is 0 Å². The summed E-state index contributed by atoms with van der Waals surface area (Å²) in [5.74, 6) is 0.758. The molecule has 1 amide bonds. The Morgan fingerprint density at radius 1 is 1.00 bits per heavy atom. The number of nitrogens with one attached hydrogen (secondary N) is 1. The fourth-order valence-corrected chi connectivity index (χ4v) is 4.60. The van der Waals surface area contributed by atoms with Crippen LogP contribution < -0.4 is 10.2 Å². The normalized spacial score (nSPS) is 16.0. The fraction of sp³-hybridized carbons (Fsp3) is 0.259. The van der Waals surface area contributed by atoms with Crippen molar-refractivity contribution in [1.29, 1.82) is 0 Å². The predicted octanol–water partition coefficient (Wildman–Crippen LogP) is 4.73. The van der Waals surface area contributed by atoms with Crippen molar-refractivity contribution in [3.63, 3.8) is 0 Å². The average molecular weight is 440 g/mol. The van der Waals surface area contributed by atoms with Crippen LogP contribution in [0.15, 0.2) is 72.8 Å². The monoisotopic (exact) mass is 439 g/mol. The molecule has 1 aliphatic rings. The van der Waals surface area contributed by atoms with E-state index in [-0.39, 0.29) is 5.91 Å². The Morgan fingerprint density at radius 2 is 1.76 bits per heavy atom. The van der Waals surface area contributed by atoms with Gasteiger partial charge in [-0.1, -0.05) is 18.2 Å². The molecule has 0 saturated carbocycles. The first-order valence-corrected chi connectivity index (χ1v) is 11.4. The number of likely N-dealkylation sites (N-methyl/N-ethyl adjacent to an activating group) is 1. The quantitative estimate of drug-likeness (QED) is 0.489. The van der Waals surface area contributed by atoms with Gasteiger partial charge in [0, 0.05) is 41.8 Å². The maximum absolute atomic E-state index is 12.9. The third kappa shape index (κ3) is 4.22. The number of carbonyl (C=O) groups excluding carboxylic acids is 1. The third-order valence-corrected chi connectivity index (χ3v) is 6.48. The molecule has 1 aromatic heterocycles. The van der Waals surface area contributed by atoms with Crippen molar-refractivity contribution in [1.82, 2.24) is 14.5 Å². The second-order valence-corrected chi connectivity index (χ2v) is 8.89. The largest absolute Gasteiger partial charge is 0.370 e. The first-order chi connectivity index (χ1) is 16.0. The first kappa shape index (κ1) is 21.2. The van der Waals surface area contributed by atoms with Crippen molar-refractivity contribution in [2.24, 2.45) is 0 Å². The van der Waals surface area contributed by atoms with Crippen LogP contribution in [0.2, 0.25) is 0 Å². The standard InChI is InChI=1S/C27H29N5O/c1-19-28-25-17-20(9-14-26(25)32(19)23-7-5-4-6-8-23)27(33)29-21-10-12-22(13-11-21)31-16-15-24(18-31)30(2)3/h4-14,17,24H,15-16,18H2,1-3H3,(H,29,33). The molecule has 0 aliphatic carbocycles. The second-order valence-electron chi connectivity index (χ2n) is 8.89. The zero-order valence-electron chi connectivity index (χ0n) is 19.3. The van der Waals surface area contributed by atoms with Gasteiger partial charge in [-0.15, -0.1) is 0 Å². The molecule has 0 bridgehead atoms. The van der Waals surface area contributed by atoms with Crippen LogP contribution in [0.1, 0.15) is 22.6 Å². The number of nitrogens with zero attached hydrogens (tertiary/aromatic N) is 4. The van der Waals surface area contributed by atoms with Gasteiger partial charge >= 0.3 is 0 Å². The number of hydrogen-bond donors (Lipinski definition) is 1. The topological polar surface area (TPSA) is 53.4 Å². The summed E-state index contributed by atoms with van der Waals surface area (Å²) in [4.78, 5) is 22.3. The highest BCUT2D eigenvalue weighted by Crippen LogP contribution is 2.25. The van der Waals surface area contributed by atoms with E-state index >= 15 is 0 Å². The van der Waals surface area contributed by atoms with Crippen LogP contribution in [-0.2, 0) is 0 Å². The maximum Gasteiger partial charge on any atom is 0.255 e. The Labute approximate surface area is 194 Å². The molecule has 3 aromatic carbocycles. The lowest BCUT2D eigenvalue weighted by molar-refractivity contribution is 0.102. The van der Waals surface area contributed by atoms with Crippen LogP contribution in [0.25, 0.3) is 16.7 Å². The number of benzene rings is 3. The summed E-state index contributed by atoms with van der Waals surface area (Å²) in [5.41, 5.74) is 5.44. The van der Waals surface area contributed by atoms with Crippen LogP contribution in [0.5, 0.6) is 0 Å². The third-order valence-electron chi connectivity index (χ3n) is 6.48. The van der Waals surface area contributed by atoms with Gasteiger partial charge in [-0.25, -0.2) is 4.98 Å². The van der Waals surface area contributed by atoms with E-state index in [0.29, 0.717) is 11.6 Å². The van der Waals surface area contributed by atoms with Gasteiger partial charge in [0.15, 0.2) is 0 Å². The Hall–Kier alpha value is -3.64. The minimum atomic E-state index is -0.134. The minimum absolute atomic E-state index is 0.134. The summed E-state index contributed by atoms with van der Waals surface area (Å²) >= 11 is 0. The molecule has 1 atom stereocenters. The summed E-state index contributed by atoms with van der Waals surface area (Å²) in [6.07, 6.45) is 1.17. The number of aryl methyl sites for hydroxylation is 1. The van der Waals surface area contributed by atoms with E-state index in [9.17, 15) is 4.79 Å². The summed E-state index contributed by atoms with van der Waals surface area (Å²) in [6.45, 7) is 4.08. The Balaban J connectivity index is 1.31. The lowest BCUT2D eigenvalue weighted by atomic mass is 10.1. The molecular weight excluding hydrogens is 410 g/mol. The van der Waals surface area contributed by atoms with E-state index in [2.05, 4.69) is 63.0 Å². The van der Waals surface area contributed by atoms with Crippen LogP contribution >= 0.6 is 0 Å². The van der Waals surface area contributed by atoms with Gasteiger partial charge in [0.05, 0.1) is 11.0 Å². The molecule has 1 aliphatic heterocycles. The van der Waals surface area contributed by atoms with Crippen molar-refractivity contribution in [3.05, 3.63) is 84.2 Å². The molecule has 6 heteroatoms. The zero-order valence-corrected chi connectivity index (χ0v) is 19.3. The van der Waals surface area contributed by atoms with Gasteiger partial charge in [-0.3, -0.25) is 9.36 Å². The molecule has 1 saturated heterocycles. The van der Waals surface area contributed by atoms with Crippen LogP contribution in [0.3, 0.4) is 0 Å². The molecule has 33 heavy (non-hydrogen) atoms. The molecular formula is C27H29N5O. The molecule has 0 spiro atoms. The minimum Gasteiger partial charge on any atom is -0.370 e. The van der Waals surface area contributed by atoms with Gasteiger partial charge < -0.3 is 15.1 Å². The highest BCUT2D eigenvalue weighted by atomic mass is 16.1. The van der Waals surface area contributed by atoms with E-state index in [4.69, 9.17) is 0 Å². The van der Waals surface area contributed by atoms with E-state index in [0.717, 1.165) is 41.3 Å². The fourth-order valence-electron chi connectivity index (χ4n) is 4.60. The summed E-state index contributed by atoms with van der Waals surface area (Å²) in [5, 5.41) is 3.02. The van der Waals surface area contributed by atoms with Crippen molar-refractivity contribution >= 4 is 28.3 Å². The molecule has 2 heterocycles. The molecule has 4 aromatic rings. The summed E-state index contributed by atoms with van der Waals surface area (Å²) < 4.78 is 2.11. The van der Waals surface area contributed by atoms with E-state index in [1.165, 1.54) is 12.1 Å². The van der Waals surface area contributed by atoms with Gasteiger partial charge in [-0.05, 0) is 82.0 Å². The molecule has 1 N–H and O–H groups in total. The van der Waals surface area contributed by atoms with E-state index in [1.54, 1.807) is 0 Å². The Bertz CT molecular complexity index is 1280. The van der Waals surface area contributed by atoms with Crippen LogP contribution in [0, 0.1) is 6.92 Å². The van der Waals surface area contributed by atoms with Crippen LogP contribution in [-0.4, -0.2) is 53.6 Å². The number of imidazole rings is 1. The molecule has 6 nitrogen and oxygen atoms in total. The number of rotatable bonds is 5. The number of aromatic nitrogens is 2. The van der Waals surface area contributed by atoms with Crippen LogP contribution in [0.4, 0.5) is 11.4 Å². The number of amides is 1. The van der Waals surface area contributed by atoms with E-state index in [1.807, 2.05) is 55.5 Å². The van der Waals surface area contributed by atoms with Gasteiger partial charge in [0.25, 0.3) is 5.91 Å². The summed E-state index contributed by atoms with van der Waals surface area (Å²) in [6, 6.07) is 24.5. The molecule has 1 fully saturated rings. The molecule has 0 radical (unpaired) electrons. The highest BCUT2D eigenvalue weighted by molar-refractivity contribution is 6.06. The lowest BCUT2D eigenvalue weighted by Gasteiger charge is -2.22. The molecule has 168 valence electrons. The van der Waals surface area contributed by atoms with Gasteiger partial charge in [0.1, 0.15) is 5.82 Å². The molecule has 5 rings (SSSR count). The number of hydrogen-bond acceptors (Lipinski definition) is 4. The maximum atomic E-state index is 12.9. The summed E-state index contributed by atoms with van der Waals surface area (Å²) in [7, 11) is 4.27. The van der Waals surface area contributed by atoms with Crippen molar-refractivity contribution in [2.45, 2.75) is 19.4 Å². The Kier molecular flexibility index (Phi) is 5.60. The second kappa shape index (κ2) is 8.71. The first-order valence-electron chi connectivity index (χ1n) is 11.4. The predicted molar refractivity (Wildman–Crippen MR) is 135 cm³/mol. The zero-order chi connectivity index (χ0) is 22.9. The van der Waals surface area contributed by atoms with Gasteiger partial charge in [-0.2, -0.15) is 0 Å². The molecule has 1 unspecified atom stereocenters. The smallest absolute Gasteiger partial charge is 0.255 e. The SMILES string of the molecule is Cc1nc2cc(C(=O)Nc3ccc(N4CCC(N(C)C)C4)cc3)ccc2n1-c1ccccc1. The highest BCUT2D eigenvalue weighted by Gasteiger charge is 2.24. The number of carbonyl (C=O) groups is 1. The number of fused-ring (bicyclic) bond motifs is 1. The lowest BCUT2D eigenvalue weighted by Crippen LogP contribution is -2.31. The van der Waals surface area contributed by atoms with Crippen molar-refractivity contribution in [2.75, 3.05) is 37.4 Å². The average Bonchev–Trinajstić information content (AvgIpc) is 3.44. The van der Waals surface area contributed by atoms with Gasteiger partial charge in [0.2, 0.25) is 0 Å².